The van der Waals surface area contributed by atoms with Crippen molar-refractivity contribution in [2.75, 3.05) is 0 Å². The van der Waals surface area contributed by atoms with Crippen LogP contribution in [0.4, 0.5) is 8.78 Å². The molecule has 0 aromatic heterocycles. The summed E-state index contributed by atoms with van der Waals surface area (Å²) in [7, 11) is -4.30. The van der Waals surface area contributed by atoms with Crippen LogP contribution in [0.5, 0.6) is 0 Å². The maximum Gasteiger partial charge on any atom is 0.245 e. The molecule has 2 rings (SSSR count). The number of hydrogen-bond acceptors (Lipinski definition) is 3. The Morgan fingerprint density at radius 2 is 2.00 bits per heavy atom. The first-order valence-electron chi connectivity index (χ1n) is 6.18. The van der Waals surface area contributed by atoms with E-state index in [4.69, 9.17) is 0 Å². The van der Waals surface area contributed by atoms with E-state index in [2.05, 4.69) is 26.0 Å². The third-order valence-electron chi connectivity index (χ3n) is 2.88. The summed E-state index contributed by atoms with van der Waals surface area (Å²) in [5.41, 5.74) is 0. The zero-order valence-electron chi connectivity index (χ0n) is 11.0. The molecular formula is C12H13BrF2N2O3S. The van der Waals surface area contributed by atoms with Crippen LogP contribution in [0.3, 0.4) is 0 Å². The highest BCUT2D eigenvalue weighted by atomic mass is 79.9. The molecule has 1 amide bonds. The largest absolute Gasteiger partial charge is 0.352 e. The summed E-state index contributed by atoms with van der Waals surface area (Å²) < 4.78 is 52.7. The van der Waals surface area contributed by atoms with E-state index in [9.17, 15) is 22.0 Å². The van der Waals surface area contributed by atoms with Crippen molar-refractivity contribution >= 4 is 31.9 Å². The van der Waals surface area contributed by atoms with Crippen LogP contribution in [-0.2, 0) is 14.8 Å². The third kappa shape index (κ3) is 3.98. The number of sulfonamides is 1. The van der Waals surface area contributed by atoms with Gasteiger partial charge in [0, 0.05) is 16.6 Å². The minimum absolute atomic E-state index is 0.0822. The smallest absolute Gasteiger partial charge is 0.245 e. The van der Waals surface area contributed by atoms with Gasteiger partial charge in [0.1, 0.15) is 16.5 Å². The molecule has 0 heterocycles. The van der Waals surface area contributed by atoms with Gasteiger partial charge in [-0.05, 0) is 41.8 Å². The fourth-order valence-corrected chi connectivity index (χ4v) is 4.05. The first kappa shape index (κ1) is 16.3. The predicted molar refractivity (Wildman–Crippen MR) is 75.0 cm³/mol. The minimum Gasteiger partial charge on any atom is -0.352 e. The van der Waals surface area contributed by atoms with Crippen molar-refractivity contribution in [3.63, 3.8) is 0 Å². The van der Waals surface area contributed by atoms with Crippen LogP contribution in [-0.4, -0.2) is 26.4 Å². The zero-order valence-corrected chi connectivity index (χ0v) is 13.4. The van der Waals surface area contributed by atoms with Gasteiger partial charge in [0.05, 0.1) is 6.04 Å². The highest BCUT2D eigenvalue weighted by molar-refractivity contribution is 9.10. The van der Waals surface area contributed by atoms with Crippen molar-refractivity contribution in [1.29, 1.82) is 0 Å². The maximum atomic E-state index is 13.7. The second-order valence-electron chi connectivity index (χ2n) is 4.82. The van der Waals surface area contributed by atoms with E-state index in [1.165, 1.54) is 6.92 Å². The quantitative estimate of drug-likeness (QED) is 0.813. The molecule has 21 heavy (non-hydrogen) atoms. The van der Waals surface area contributed by atoms with Crippen LogP contribution >= 0.6 is 15.9 Å². The minimum atomic E-state index is -4.30. The molecule has 1 unspecified atom stereocenters. The summed E-state index contributed by atoms with van der Waals surface area (Å²) in [5.74, 6) is -2.62. The van der Waals surface area contributed by atoms with E-state index in [0.29, 0.717) is 6.07 Å². The van der Waals surface area contributed by atoms with Crippen LogP contribution in [0, 0.1) is 11.6 Å². The highest BCUT2D eigenvalue weighted by Crippen LogP contribution is 2.26. The molecule has 1 aromatic rings. The second kappa shape index (κ2) is 5.98. The van der Waals surface area contributed by atoms with Crippen molar-refractivity contribution in [2.24, 2.45) is 0 Å². The Labute approximate surface area is 129 Å². The first-order chi connectivity index (χ1) is 9.70. The molecule has 1 aliphatic carbocycles. The maximum absolute atomic E-state index is 13.7. The van der Waals surface area contributed by atoms with Crippen LogP contribution in [0.25, 0.3) is 0 Å². The first-order valence-corrected chi connectivity index (χ1v) is 8.45. The summed E-state index contributed by atoms with van der Waals surface area (Å²) >= 11 is 2.81. The highest BCUT2D eigenvalue weighted by Gasteiger charge is 2.30. The van der Waals surface area contributed by atoms with E-state index in [0.717, 1.165) is 18.9 Å². The molecule has 1 aromatic carbocycles. The summed E-state index contributed by atoms with van der Waals surface area (Å²) in [4.78, 5) is 11.0. The molecule has 1 aliphatic rings. The lowest BCUT2D eigenvalue weighted by molar-refractivity contribution is -0.122. The summed E-state index contributed by atoms with van der Waals surface area (Å²) in [6, 6.07) is 0.326. The van der Waals surface area contributed by atoms with Crippen LogP contribution in [0.15, 0.2) is 21.5 Å². The normalized spacial score (nSPS) is 16.6. The Hall–Kier alpha value is -1.06. The summed E-state index contributed by atoms with van der Waals surface area (Å²) in [5, 5.41) is 2.63. The van der Waals surface area contributed by atoms with Crippen molar-refractivity contribution in [2.45, 2.75) is 36.7 Å². The average Bonchev–Trinajstić information content (AvgIpc) is 3.09. The number of carbonyl (C=O) groups is 1. The molecular weight excluding hydrogens is 370 g/mol. The summed E-state index contributed by atoms with van der Waals surface area (Å²) in [6.45, 7) is 1.35. The number of halogens is 3. The van der Waals surface area contributed by atoms with Crippen molar-refractivity contribution in [3.05, 3.63) is 28.2 Å². The molecule has 1 atom stereocenters. The Morgan fingerprint density at radius 3 is 2.52 bits per heavy atom. The second-order valence-corrected chi connectivity index (χ2v) is 7.33. The molecule has 9 heteroatoms. The molecule has 2 N–H and O–H groups in total. The Morgan fingerprint density at radius 1 is 1.38 bits per heavy atom. The number of hydrogen-bond donors (Lipinski definition) is 2. The van der Waals surface area contributed by atoms with Gasteiger partial charge in [-0.15, -0.1) is 0 Å². The molecule has 5 nitrogen and oxygen atoms in total. The molecule has 0 radical (unpaired) electrons. The standard InChI is InChI=1S/C12H13BrF2N2O3S/c1-6(12(18)16-8-2-3-8)17-21(19,20)11-9(13)4-7(14)5-10(11)15/h4-6,8,17H,2-3H2,1H3,(H,16,18). The number of nitrogens with one attached hydrogen (secondary N) is 2. The lowest BCUT2D eigenvalue weighted by Gasteiger charge is -2.15. The van der Waals surface area contributed by atoms with Crippen molar-refractivity contribution < 1.29 is 22.0 Å². The molecule has 1 fully saturated rings. The van der Waals surface area contributed by atoms with Crippen molar-refractivity contribution in [3.8, 4) is 0 Å². The number of benzene rings is 1. The average molecular weight is 383 g/mol. The molecule has 0 spiro atoms. The van der Waals surface area contributed by atoms with Gasteiger partial charge in [0.25, 0.3) is 0 Å². The number of carbonyl (C=O) groups excluding carboxylic acids is 1. The van der Waals surface area contributed by atoms with Gasteiger partial charge in [0.2, 0.25) is 15.9 Å². The number of amides is 1. The van der Waals surface area contributed by atoms with E-state index in [1.54, 1.807) is 0 Å². The third-order valence-corrected chi connectivity index (χ3v) is 5.38. The van der Waals surface area contributed by atoms with Gasteiger partial charge in [-0.25, -0.2) is 17.2 Å². The molecule has 0 bridgehead atoms. The molecule has 116 valence electrons. The van der Waals surface area contributed by atoms with Gasteiger partial charge in [0.15, 0.2) is 0 Å². The zero-order chi connectivity index (χ0) is 15.8. The SMILES string of the molecule is CC(NS(=O)(=O)c1c(F)cc(F)cc1Br)C(=O)NC1CC1. The van der Waals surface area contributed by atoms with E-state index < -0.39 is 38.5 Å². The Bertz CT molecular complexity index is 654. The van der Waals surface area contributed by atoms with E-state index >= 15 is 0 Å². The fourth-order valence-electron chi connectivity index (χ4n) is 1.68. The van der Waals surface area contributed by atoms with Crippen LogP contribution in [0.1, 0.15) is 19.8 Å². The number of rotatable bonds is 5. The van der Waals surface area contributed by atoms with Crippen molar-refractivity contribution in [1.82, 2.24) is 10.0 Å². The Kier molecular flexibility index (Phi) is 4.64. The monoisotopic (exact) mass is 382 g/mol. The fraction of sp³-hybridized carbons (Fsp3) is 0.417. The molecule has 0 aliphatic heterocycles. The van der Waals surface area contributed by atoms with Gasteiger partial charge >= 0.3 is 0 Å². The Balaban J connectivity index is 2.20. The van der Waals surface area contributed by atoms with Crippen LogP contribution < -0.4 is 10.0 Å². The summed E-state index contributed by atoms with van der Waals surface area (Å²) in [6.07, 6.45) is 1.73. The van der Waals surface area contributed by atoms with E-state index in [1.807, 2.05) is 0 Å². The lowest BCUT2D eigenvalue weighted by Crippen LogP contribution is -2.45. The lowest BCUT2D eigenvalue weighted by atomic mass is 10.3. The van der Waals surface area contributed by atoms with Crippen LogP contribution in [0.2, 0.25) is 0 Å². The molecule has 1 saturated carbocycles. The van der Waals surface area contributed by atoms with Gasteiger partial charge in [-0.3, -0.25) is 4.79 Å². The van der Waals surface area contributed by atoms with Gasteiger partial charge in [-0.1, -0.05) is 0 Å². The van der Waals surface area contributed by atoms with Gasteiger partial charge in [-0.2, -0.15) is 4.72 Å². The molecule has 0 saturated heterocycles. The van der Waals surface area contributed by atoms with E-state index in [-0.39, 0.29) is 10.5 Å². The van der Waals surface area contributed by atoms with Gasteiger partial charge < -0.3 is 5.32 Å². The predicted octanol–water partition coefficient (Wildman–Crippen LogP) is 1.67. The topological polar surface area (TPSA) is 75.3 Å².